The van der Waals surface area contributed by atoms with Crippen LogP contribution in [-0.2, 0) is 4.74 Å². The Morgan fingerprint density at radius 3 is 2.79 bits per heavy atom. The van der Waals surface area contributed by atoms with Crippen LogP contribution in [0.2, 0.25) is 0 Å². The second-order valence-corrected chi connectivity index (χ2v) is 3.97. The van der Waals surface area contributed by atoms with Crippen LogP contribution >= 0.6 is 0 Å². The average Bonchev–Trinajstić information content (AvgIpc) is 2.44. The first kappa shape index (κ1) is 13.2. The lowest BCUT2D eigenvalue weighted by Crippen LogP contribution is -2.28. The molecule has 2 aromatic carbocycles. The first-order chi connectivity index (χ1) is 9.31. The monoisotopic (exact) mass is 259 g/mol. The van der Waals surface area contributed by atoms with E-state index in [1.165, 1.54) is 0 Å². The third kappa shape index (κ3) is 3.61. The first-order valence-electron chi connectivity index (χ1n) is 6.32. The van der Waals surface area contributed by atoms with Crippen molar-refractivity contribution in [1.29, 1.82) is 0 Å². The van der Waals surface area contributed by atoms with Crippen LogP contribution in [0.25, 0.3) is 10.8 Å². The molecule has 0 atom stereocenters. The molecule has 0 radical (unpaired) electrons. The van der Waals surface area contributed by atoms with Crippen molar-refractivity contribution in [1.82, 2.24) is 5.32 Å². The van der Waals surface area contributed by atoms with E-state index in [2.05, 4.69) is 5.32 Å². The summed E-state index contributed by atoms with van der Waals surface area (Å²) < 4.78 is 10.4. The van der Waals surface area contributed by atoms with Crippen molar-refractivity contribution >= 4 is 16.9 Å². The van der Waals surface area contributed by atoms with Crippen LogP contribution in [0, 0.1) is 0 Å². The fourth-order valence-electron chi connectivity index (χ4n) is 1.82. The largest absolute Gasteiger partial charge is 0.491 e. The molecule has 0 aromatic heterocycles. The number of hydrogen-bond donors (Lipinski definition) is 1. The summed E-state index contributed by atoms with van der Waals surface area (Å²) in [4.78, 5) is 11.1. The van der Waals surface area contributed by atoms with E-state index >= 15 is 0 Å². The average molecular weight is 259 g/mol. The van der Waals surface area contributed by atoms with E-state index in [0.717, 1.165) is 16.5 Å². The van der Waals surface area contributed by atoms with Gasteiger partial charge in [0, 0.05) is 5.39 Å². The predicted octanol–water partition coefficient (Wildman–Crippen LogP) is 2.96. The Kier molecular flexibility index (Phi) is 4.61. The van der Waals surface area contributed by atoms with E-state index in [1.807, 2.05) is 42.5 Å². The third-order valence-corrected chi connectivity index (χ3v) is 2.65. The number of benzene rings is 2. The quantitative estimate of drug-likeness (QED) is 0.840. The number of hydrogen-bond acceptors (Lipinski definition) is 3. The van der Waals surface area contributed by atoms with Gasteiger partial charge in [0.1, 0.15) is 12.4 Å². The van der Waals surface area contributed by atoms with Crippen LogP contribution in [0.15, 0.2) is 42.5 Å². The van der Waals surface area contributed by atoms with Crippen LogP contribution in [0.3, 0.4) is 0 Å². The Morgan fingerprint density at radius 2 is 1.95 bits per heavy atom. The van der Waals surface area contributed by atoms with Gasteiger partial charge in [-0.1, -0.05) is 36.4 Å². The predicted molar refractivity (Wildman–Crippen MR) is 74.5 cm³/mol. The van der Waals surface area contributed by atoms with Gasteiger partial charge in [-0.2, -0.15) is 0 Å². The molecular formula is C15H17NO3. The van der Waals surface area contributed by atoms with Crippen molar-refractivity contribution in [3.05, 3.63) is 42.5 Å². The zero-order valence-electron chi connectivity index (χ0n) is 10.9. The lowest BCUT2D eigenvalue weighted by Gasteiger charge is -2.10. The number of carbonyl (C=O) groups excluding carboxylic acids is 1. The smallest absolute Gasteiger partial charge is 0.407 e. The van der Waals surface area contributed by atoms with Gasteiger partial charge in [-0.3, -0.25) is 0 Å². The lowest BCUT2D eigenvalue weighted by atomic mass is 10.1. The molecule has 2 rings (SSSR count). The highest BCUT2D eigenvalue weighted by molar-refractivity contribution is 5.88. The fraction of sp³-hybridized carbons (Fsp3) is 0.267. The summed E-state index contributed by atoms with van der Waals surface area (Å²) in [5, 5.41) is 4.82. The minimum Gasteiger partial charge on any atom is -0.491 e. The summed E-state index contributed by atoms with van der Waals surface area (Å²) in [7, 11) is 0. The fourth-order valence-corrected chi connectivity index (χ4v) is 1.82. The molecular weight excluding hydrogens is 242 g/mol. The molecule has 0 fully saturated rings. The molecule has 0 unspecified atom stereocenters. The van der Waals surface area contributed by atoms with Crippen molar-refractivity contribution < 1.29 is 14.3 Å². The van der Waals surface area contributed by atoms with E-state index in [-0.39, 0.29) is 0 Å². The Hall–Kier alpha value is -2.23. The molecule has 19 heavy (non-hydrogen) atoms. The second kappa shape index (κ2) is 6.64. The number of ether oxygens (including phenoxy) is 2. The maximum Gasteiger partial charge on any atom is 0.407 e. The van der Waals surface area contributed by atoms with Crippen LogP contribution in [0.4, 0.5) is 4.79 Å². The zero-order valence-corrected chi connectivity index (χ0v) is 10.9. The van der Waals surface area contributed by atoms with Crippen LogP contribution in [0.5, 0.6) is 5.75 Å². The zero-order chi connectivity index (χ0) is 13.5. The van der Waals surface area contributed by atoms with Gasteiger partial charge in [0.15, 0.2) is 0 Å². The number of alkyl carbamates (subject to hydrolysis) is 1. The molecule has 0 spiro atoms. The van der Waals surface area contributed by atoms with Gasteiger partial charge in [0.2, 0.25) is 0 Å². The van der Waals surface area contributed by atoms with Gasteiger partial charge in [-0.05, 0) is 18.4 Å². The van der Waals surface area contributed by atoms with Gasteiger partial charge in [-0.25, -0.2) is 4.79 Å². The highest BCUT2D eigenvalue weighted by Crippen LogP contribution is 2.24. The Labute approximate surface area is 112 Å². The van der Waals surface area contributed by atoms with Crippen LogP contribution < -0.4 is 10.1 Å². The van der Waals surface area contributed by atoms with E-state index < -0.39 is 6.09 Å². The summed E-state index contributed by atoms with van der Waals surface area (Å²) in [5.41, 5.74) is 0. The van der Waals surface area contributed by atoms with Gasteiger partial charge in [-0.15, -0.1) is 0 Å². The SMILES string of the molecule is CCOC(=O)NCCOc1cccc2ccccc12. The Bertz CT molecular complexity index is 549. The number of amides is 1. The Balaban J connectivity index is 1.90. The van der Waals surface area contributed by atoms with Crippen molar-refractivity contribution in [2.45, 2.75) is 6.92 Å². The van der Waals surface area contributed by atoms with Crippen LogP contribution in [-0.4, -0.2) is 25.9 Å². The van der Waals surface area contributed by atoms with Crippen molar-refractivity contribution in [3.63, 3.8) is 0 Å². The summed E-state index contributed by atoms with van der Waals surface area (Å²) in [6, 6.07) is 13.9. The molecule has 0 saturated carbocycles. The molecule has 0 aliphatic rings. The highest BCUT2D eigenvalue weighted by Gasteiger charge is 2.02. The summed E-state index contributed by atoms with van der Waals surface area (Å²) in [5.74, 6) is 0.823. The highest BCUT2D eigenvalue weighted by atomic mass is 16.5. The molecule has 100 valence electrons. The maximum atomic E-state index is 11.1. The van der Waals surface area contributed by atoms with E-state index in [0.29, 0.717) is 19.8 Å². The molecule has 0 aliphatic carbocycles. The molecule has 0 bridgehead atoms. The van der Waals surface area contributed by atoms with Gasteiger partial charge in [0.05, 0.1) is 13.2 Å². The van der Waals surface area contributed by atoms with Crippen molar-refractivity contribution in [2.24, 2.45) is 0 Å². The van der Waals surface area contributed by atoms with Crippen molar-refractivity contribution in [2.75, 3.05) is 19.8 Å². The normalized spacial score (nSPS) is 10.2. The molecule has 4 nitrogen and oxygen atoms in total. The topological polar surface area (TPSA) is 47.6 Å². The lowest BCUT2D eigenvalue weighted by molar-refractivity contribution is 0.150. The molecule has 0 heterocycles. The molecule has 4 heteroatoms. The summed E-state index contributed by atoms with van der Waals surface area (Å²) in [6.45, 7) is 2.97. The minimum absolute atomic E-state index is 0.371. The van der Waals surface area contributed by atoms with Crippen LogP contribution in [0.1, 0.15) is 6.92 Å². The number of carbonyl (C=O) groups is 1. The summed E-state index contributed by atoms with van der Waals surface area (Å²) >= 11 is 0. The van der Waals surface area contributed by atoms with Gasteiger partial charge in [0.25, 0.3) is 0 Å². The molecule has 0 saturated heterocycles. The Morgan fingerprint density at radius 1 is 1.16 bits per heavy atom. The third-order valence-electron chi connectivity index (χ3n) is 2.65. The van der Waals surface area contributed by atoms with Gasteiger partial charge >= 0.3 is 6.09 Å². The standard InChI is InChI=1S/C15H17NO3/c1-2-18-15(17)16-10-11-19-14-9-5-7-12-6-3-4-8-13(12)14/h3-9H,2,10-11H2,1H3,(H,16,17). The molecule has 1 N–H and O–H groups in total. The number of rotatable bonds is 5. The minimum atomic E-state index is -0.413. The molecule has 0 aliphatic heterocycles. The molecule has 2 aromatic rings. The van der Waals surface area contributed by atoms with Crippen molar-refractivity contribution in [3.8, 4) is 5.75 Å². The van der Waals surface area contributed by atoms with E-state index in [9.17, 15) is 4.79 Å². The number of fused-ring (bicyclic) bond motifs is 1. The second-order valence-electron chi connectivity index (χ2n) is 3.97. The number of nitrogens with one attached hydrogen (secondary N) is 1. The first-order valence-corrected chi connectivity index (χ1v) is 6.32. The maximum absolute atomic E-state index is 11.1. The van der Waals surface area contributed by atoms with Gasteiger partial charge < -0.3 is 14.8 Å². The van der Waals surface area contributed by atoms with E-state index in [1.54, 1.807) is 6.92 Å². The summed E-state index contributed by atoms with van der Waals surface area (Å²) in [6.07, 6.45) is -0.413. The molecule has 1 amide bonds. The van der Waals surface area contributed by atoms with E-state index in [4.69, 9.17) is 9.47 Å².